The zero-order valence-electron chi connectivity index (χ0n) is 17.4. The molecule has 0 aromatic heterocycles. The molecule has 0 radical (unpaired) electrons. The molecule has 0 saturated heterocycles. The quantitative estimate of drug-likeness (QED) is 0.389. The molecule has 2 aromatic carbocycles. The predicted octanol–water partition coefficient (Wildman–Crippen LogP) is 3.14. The molecular weight excluding hydrogens is 394 g/mol. The van der Waals surface area contributed by atoms with Gasteiger partial charge in [-0.3, -0.25) is 9.63 Å². The molecule has 0 saturated carbocycles. The highest BCUT2D eigenvalue weighted by atomic mass is 32.2. The lowest BCUT2D eigenvalue weighted by molar-refractivity contribution is -0.0258. The number of ether oxygens (including phenoxy) is 1. The molecule has 0 N–H and O–H groups in total. The summed E-state index contributed by atoms with van der Waals surface area (Å²) < 4.78 is 30.2. The Labute approximate surface area is 171 Å². The Morgan fingerprint density at radius 1 is 0.966 bits per heavy atom. The average molecular weight is 419 g/mol. The predicted molar refractivity (Wildman–Crippen MR) is 108 cm³/mol. The van der Waals surface area contributed by atoms with Crippen molar-refractivity contribution >= 4 is 21.8 Å². The van der Waals surface area contributed by atoms with E-state index in [0.29, 0.717) is 10.0 Å². The average Bonchev–Trinajstić information content (AvgIpc) is 2.72. The molecule has 8 heteroatoms. The Bertz CT molecular complexity index is 1040. The van der Waals surface area contributed by atoms with Crippen LogP contribution in [0.4, 0.5) is 0 Å². The molecule has 0 spiro atoms. The molecule has 0 amide bonds. The van der Waals surface area contributed by atoms with Gasteiger partial charge < -0.3 is 4.74 Å². The highest BCUT2D eigenvalue weighted by Gasteiger charge is 2.21. The van der Waals surface area contributed by atoms with E-state index < -0.39 is 22.6 Å². The molecule has 0 atom stereocenters. The number of nitrogens with zero attached hydrogens (tertiary/aromatic N) is 1. The van der Waals surface area contributed by atoms with E-state index in [1.54, 1.807) is 6.07 Å². The van der Waals surface area contributed by atoms with Gasteiger partial charge in [-0.15, -0.1) is 0 Å². The van der Waals surface area contributed by atoms with Crippen LogP contribution in [-0.2, 0) is 19.6 Å². The van der Waals surface area contributed by atoms with E-state index in [2.05, 4.69) is 0 Å². The van der Waals surface area contributed by atoms with Gasteiger partial charge in [-0.1, -0.05) is 4.47 Å². The minimum absolute atomic E-state index is 0.0318. The third-order valence-electron chi connectivity index (χ3n) is 5.10. The third-order valence-corrected chi connectivity index (χ3v) is 6.79. The lowest BCUT2D eigenvalue weighted by Crippen LogP contribution is -2.25. The maximum Gasteiger partial charge on any atom is 0.338 e. The molecule has 7 nitrogen and oxygen atoms in total. The Hall–Kier alpha value is -2.55. The second kappa shape index (κ2) is 8.86. The Kier molecular flexibility index (Phi) is 6.94. The summed E-state index contributed by atoms with van der Waals surface area (Å²) in [5.74, 6) is -0.997. The topological polar surface area (TPSA) is 90.0 Å². The van der Waals surface area contributed by atoms with Gasteiger partial charge in [0.05, 0.1) is 17.6 Å². The van der Waals surface area contributed by atoms with E-state index in [-0.39, 0.29) is 16.2 Å². The largest absolute Gasteiger partial charge is 0.454 e. The van der Waals surface area contributed by atoms with E-state index in [1.165, 1.54) is 38.4 Å². The van der Waals surface area contributed by atoms with Crippen molar-refractivity contribution in [1.82, 2.24) is 4.47 Å². The Balaban J connectivity index is 2.11. The molecule has 0 aliphatic rings. The van der Waals surface area contributed by atoms with Crippen LogP contribution in [0.3, 0.4) is 0 Å². The first kappa shape index (κ1) is 22.7. The van der Waals surface area contributed by atoms with E-state index in [1.807, 2.05) is 27.7 Å². The molecule has 156 valence electrons. The zero-order chi connectivity index (χ0) is 21.9. The van der Waals surface area contributed by atoms with Gasteiger partial charge in [0.15, 0.2) is 6.61 Å². The Morgan fingerprint density at radius 3 is 2.10 bits per heavy atom. The van der Waals surface area contributed by atoms with E-state index in [4.69, 9.17) is 9.57 Å². The summed E-state index contributed by atoms with van der Waals surface area (Å²) in [7, 11) is -1.31. The van der Waals surface area contributed by atoms with Crippen molar-refractivity contribution in [2.24, 2.45) is 0 Å². The number of benzene rings is 2. The molecule has 0 aliphatic heterocycles. The highest BCUT2D eigenvalue weighted by Crippen LogP contribution is 2.22. The molecule has 0 fully saturated rings. The fourth-order valence-electron chi connectivity index (χ4n) is 2.80. The van der Waals surface area contributed by atoms with Crippen molar-refractivity contribution < 1.29 is 27.6 Å². The van der Waals surface area contributed by atoms with Crippen molar-refractivity contribution in [2.75, 3.05) is 20.8 Å². The molecular formula is C21H25NO6S. The smallest absolute Gasteiger partial charge is 0.338 e. The maximum atomic E-state index is 12.5. The van der Waals surface area contributed by atoms with Crippen molar-refractivity contribution in [3.8, 4) is 0 Å². The molecule has 2 rings (SSSR count). The van der Waals surface area contributed by atoms with Crippen LogP contribution in [0.2, 0.25) is 0 Å². The van der Waals surface area contributed by atoms with Crippen LogP contribution in [-0.4, -0.2) is 45.4 Å². The van der Waals surface area contributed by atoms with E-state index in [9.17, 15) is 18.0 Å². The first-order valence-corrected chi connectivity index (χ1v) is 10.4. The minimum Gasteiger partial charge on any atom is -0.454 e. The maximum absolute atomic E-state index is 12.5. The first-order chi connectivity index (χ1) is 13.5. The molecule has 29 heavy (non-hydrogen) atoms. The number of rotatable bonds is 7. The van der Waals surface area contributed by atoms with Crippen molar-refractivity contribution in [3.63, 3.8) is 0 Å². The second-order valence-electron chi connectivity index (χ2n) is 6.74. The molecule has 0 heterocycles. The number of Topliss-reactive ketones (excluding diaryl/α,β-unsaturated/α-hetero) is 1. The van der Waals surface area contributed by atoms with Gasteiger partial charge in [0.2, 0.25) is 5.78 Å². The molecule has 0 bridgehead atoms. The van der Waals surface area contributed by atoms with Crippen LogP contribution in [0.25, 0.3) is 0 Å². The third kappa shape index (κ3) is 4.72. The number of carbonyl (C=O) groups excluding carboxylic acids is 2. The number of esters is 1. The summed E-state index contributed by atoms with van der Waals surface area (Å²) in [6.45, 7) is 7.36. The number of ketones is 1. The summed E-state index contributed by atoms with van der Waals surface area (Å²) in [6, 6.07) is 7.02. The van der Waals surface area contributed by atoms with Gasteiger partial charge in [0.1, 0.15) is 0 Å². The number of hydrogen-bond donors (Lipinski definition) is 0. The lowest BCUT2D eigenvalue weighted by Gasteiger charge is -2.14. The van der Waals surface area contributed by atoms with Crippen LogP contribution < -0.4 is 0 Å². The van der Waals surface area contributed by atoms with Crippen LogP contribution in [0.1, 0.15) is 43.0 Å². The Morgan fingerprint density at radius 2 is 1.55 bits per heavy atom. The second-order valence-corrected chi connectivity index (χ2v) is 8.67. The number of hydroxylamine groups is 1. The van der Waals surface area contributed by atoms with Gasteiger partial charge in [-0.25, -0.2) is 13.2 Å². The normalized spacial score (nSPS) is 11.6. The monoisotopic (exact) mass is 419 g/mol. The minimum atomic E-state index is -3.80. The van der Waals surface area contributed by atoms with Crippen LogP contribution >= 0.6 is 0 Å². The number of aryl methyl sites for hydroxylation is 1. The van der Waals surface area contributed by atoms with Gasteiger partial charge in [-0.05, 0) is 80.3 Å². The standard InChI is InChI=1S/C21H25NO6S/c1-13-11-19(16(4)15(3)14(13)2)20(23)12-28-21(24)17-7-9-18(10-8-17)29(25,26)22(5)27-6/h7-11H,12H2,1-6H3. The number of hydrogen-bond acceptors (Lipinski definition) is 6. The van der Waals surface area contributed by atoms with Gasteiger partial charge in [0.25, 0.3) is 10.0 Å². The number of carbonyl (C=O) groups is 2. The summed E-state index contributed by atoms with van der Waals surface area (Å²) >= 11 is 0. The van der Waals surface area contributed by atoms with Crippen LogP contribution in [0.5, 0.6) is 0 Å². The first-order valence-electron chi connectivity index (χ1n) is 8.91. The summed E-state index contributed by atoms with van der Waals surface area (Å²) in [5, 5.41) is 0. The summed E-state index contributed by atoms with van der Waals surface area (Å²) in [4.78, 5) is 29.5. The fourth-order valence-corrected chi connectivity index (χ4v) is 3.78. The number of sulfonamides is 1. The van der Waals surface area contributed by atoms with Gasteiger partial charge in [0, 0.05) is 12.6 Å². The molecule has 0 unspecified atom stereocenters. The molecule has 0 aliphatic carbocycles. The van der Waals surface area contributed by atoms with Crippen molar-refractivity contribution in [3.05, 3.63) is 63.7 Å². The molecule has 2 aromatic rings. The van der Waals surface area contributed by atoms with Crippen LogP contribution in [0.15, 0.2) is 35.2 Å². The van der Waals surface area contributed by atoms with Crippen LogP contribution in [0, 0.1) is 27.7 Å². The summed E-state index contributed by atoms with van der Waals surface area (Å²) in [5.41, 5.74) is 4.71. The van der Waals surface area contributed by atoms with Crippen molar-refractivity contribution in [2.45, 2.75) is 32.6 Å². The lowest BCUT2D eigenvalue weighted by atomic mass is 9.93. The van der Waals surface area contributed by atoms with Gasteiger partial charge in [-0.2, -0.15) is 0 Å². The fraction of sp³-hybridized carbons (Fsp3) is 0.333. The van der Waals surface area contributed by atoms with Crippen molar-refractivity contribution in [1.29, 1.82) is 0 Å². The SMILES string of the molecule is CON(C)S(=O)(=O)c1ccc(C(=O)OCC(=O)c2cc(C)c(C)c(C)c2C)cc1. The van der Waals surface area contributed by atoms with Gasteiger partial charge >= 0.3 is 5.97 Å². The van der Waals surface area contributed by atoms with E-state index >= 15 is 0 Å². The van der Waals surface area contributed by atoms with E-state index in [0.717, 1.165) is 22.3 Å². The highest BCUT2D eigenvalue weighted by molar-refractivity contribution is 7.89. The zero-order valence-corrected chi connectivity index (χ0v) is 18.2. The summed E-state index contributed by atoms with van der Waals surface area (Å²) in [6.07, 6.45) is 0.